The van der Waals surface area contributed by atoms with Crippen molar-refractivity contribution in [3.8, 4) is 22.0 Å². The molecule has 0 radical (unpaired) electrons. The smallest absolute Gasteiger partial charge is 0.142 e. The molecule has 0 fully saturated rings. The van der Waals surface area contributed by atoms with Gasteiger partial charge >= 0.3 is 0 Å². The number of rotatable bonds is 2. The number of nitrogens with zero attached hydrogens (tertiary/aromatic N) is 3. The molecule has 3 aromatic rings. The van der Waals surface area contributed by atoms with Crippen LogP contribution in [0.4, 0.5) is 0 Å². The first-order chi connectivity index (χ1) is 8.84. The van der Waals surface area contributed by atoms with Gasteiger partial charge in [0.2, 0.25) is 0 Å². The lowest BCUT2D eigenvalue weighted by molar-refractivity contribution is 1.16. The second kappa shape index (κ2) is 4.96. The van der Waals surface area contributed by atoms with Crippen LogP contribution < -0.4 is 0 Å². The van der Waals surface area contributed by atoms with Crippen LogP contribution in [0.5, 0.6) is 0 Å². The molecule has 0 N–H and O–H groups in total. The van der Waals surface area contributed by atoms with Crippen molar-refractivity contribution in [2.45, 2.75) is 0 Å². The normalized spacial score (nSPS) is 10.5. The molecule has 1 aromatic carbocycles. The summed E-state index contributed by atoms with van der Waals surface area (Å²) in [5.74, 6) is 0. The molecular formula is C13H8BrN3S. The van der Waals surface area contributed by atoms with E-state index in [4.69, 9.17) is 0 Å². The average Bonchev–Trinajstić information content (AvgIpc) is 2.90. The molecule has 0 aliphatic heterocycles. The lowest BCUT2D eigenvalue weighted by Gasteiger charge is -1.99. The first kappa shape index (κ1) is 11.5. The third-order valence-corrected chi connectivity index (χ3v) is 4.01. The van der Waals surface area contributed by atoms with E-state index in [1.807, 2.05) is 35.7 Å². The van der Waals surface area contributed by atoms with E-state index in [2.05, 4.69) is 30.9 Å². The van der Waals surface area contributed by atoms with Gasteiger partial charge in [-0.25, -0.2) is 15.0 Å². The number of aromatic nitrogens is 3. The number of benzene rings is 1. The molecule has 0 saturated heterocycles. The molecule has 2 aromatic heterocycles. The fourth-order valence-corrected chi connectivity index (χ4v) is 2.88. The summed E-state index contributed by atoms with van der Waals surface area (Å²) >= 11 is 5.12. The highest BCUT2D eigenvalue weighted by molar-refractivity contribution is 9.10. The van der Waals surface area contributed by atoms with Crippen LogP contribution >= 0.6 is 27.3 Å². The highest BCUT2D eigenvalue weighted by atomic mass is 79.9. The van der Waals surface area contributed by atoms with E-state index < -0.39 is 0 Å². The minimum atomic E-state index is 0.855. The molecule has 3 rings (SSSR count). The van der Waals surface area contributed by atoms with Crippen LogP contribution in [0.2, 0.25) is 0 Å². The van der Waals surface area contributed by atoms with E-state index >= 15 is 0 Å². The van der Waals surface area contributed by atoms with Crippen molar-refractivity contribution in [2.24, 2.45) is 0 Å². The SMILES string of the molecule is Brc1ccccc1-c1csc(-c2ccncn2)n1. The fraction of sp³-hybridized carbons (Fsp3) is 0. The maximum atomic E-state index is 4.61. The second-order valence-electron chi connectivity index (χ2n) is 3.61. The molecule has 0 bridgehead atoms. The first-order valence-electron chi connectivity index (χ1n) is 5.31. The molecule has 0 aliphatic rings. The summed E-state index contributed by atoms with van der Waals surface area (Å²) in [6.07, 6.45) is 3.26. The van der Waals surface area contributed by atoms with Gasteiger partial charge in [0, 0.05) is 21.6 Å². The van der Waals surface area contributed by atoms with Crippen LogP contribution in [-0.4, -0.2) is 15.0 Å². The van der Waals surface area contributed by atoms with Crippen molar-refractivity contribution in [1.29, 1.82) is 0 Å². The standard InChI is InChI=1S/C13H8BrN3S/c14-10-4-2-1-3-9(10)12-7-18-13(17-12)11-5-6-15-8-16-11/h1-8H. The minimum Gasteiger partial charge on any atom is -0.245 e. The zero-order chi connectivity index (χ0) is 12.4. The Labute approximate surface area is 117 Å². The highest BCUT2D eigenvalue weighted by Gasteiger charge is 2.09. The van der Waals surface area contributed by atoms with Crippen molar-refractivity contribution < 1.29 is 0 Å². The Morgan fingerprint density at radius 3 is 2.72 bits per heavy atom. The van der Waals surface area contributed by atoms with Gasteiger partial charge in [-0.15, -0.1) is 11.3 Å². The predicted molar refractivity (Wildman–Crippen MR) is 76.3 cm³/mol. The van der Waals surface area contributed by atoms with Gasteiger partial charge in [-0.2, -0.15) is 0 Å². The monoisotopic (exact) mass is 317 g/mol. The number of hydrogen-bond donors (Lipinski definition) is 0. The Bertz CT molecular complexity index is 667. The lowest BCUT2D eigenvalue weighted by Crippen LogP contribution is -1.84. The third-order valence-electron chi connectivity index (χ3n) is 2.46. The number of thiazole rings is 1. The van der Waals surface area contributed by atoms with E-state index in [0.29, 0.717) is 0 Å². The molecule has 18 heavy (non-hydrogen) atoms. The van der Waals surface area contributed by atoms with Gasteiger partial charge in [0.1, 0.15) is 17.0 Å². The Kier molecular flexibility index (Phi) is 3.17. The fourth-order valence-electron chi connectivity index (χ4n) is 1.60. The van der Waals surface area contributed by atoms with Gasteiger partial charge in [-0.05, 0) is 12.1 Å². The topological polar surface area (TPSA) is 38.7 Å². The molecule has 88 valence electrons. The van der Waals surface area contributed by atoms with E-state index in [9.17, 15) is 0 Å². The summed E-state index contributed by atoms with van der Waals surface area (Å²) in [6, 6.07) is 9.92. The molecule has 0 aliphatic carbocycles. The zero-order valence-electron chi connectivity index (χ0n) is 9.25. The van der Waals surface area contributed by atoms with Crippen molar-refractivity contribution >= 4 is 27.3 Å². The van der Waals surface area contributed by atoms with Crippen LogP contribution in [-0.2, 0) is 0 Å². The molecule has 5 heteroatoms. The molecule has 0 spiro atoms. The van der Waals surface area contributed by atoms with Crippen LogP contribution in [0.15, 0.2) is 52.7 Å². The summed E-state index contributed by atoms with van der Waals surface area (Å²) in [4.78, 5) is 12.7. The van der Waals surface area contributed by atoms with Crippen molar-refractivity contribution in [3.63, 3.8) is 0 Å². The number of halogens is 1. The molecule has 0 amide bonds. The van der Waals surface area contributed by atoms with Crippen LogP contribution in [0.25, 0.3) is 22.0 Å². The molecular weight excluding hydrogens is 310 g/mol. The van der Waals surface area contributed by atoms with Crippen molar-refractivity contribution in [3.05, 3.63) is 52.7 Å². The number of hydrogen-bond acceptors (Lipinski definition) is 4. The van der Waals surface area contributed by atoms with Crippen molar-refractivity contribution in [2.75, 3.05) is 0 Å². The molecule has 0 atom stereocenters. The van der Waals surface area contributed by atoms with Gasteiger partial charge in [0.25, 0.3) is 0 Å². The van der Waals surface area contributed by atoms with E-state index in [1.165, 1.54) is 6.33 Å². The maximum Gasteiger partial charge on any atom is 0.142 e. The molecule has 2 heterocycles. The van der Waals surface area contributed by atoms with Gasteiger partial charge in [-0.3, -0.25) is 0 Å². The van der Waals surface area contributed by atoms with E-state index in [0.717, 1.165) is 26.4 Å². The van der Waals surface area contributed by atoms with E-state index in [-0.39, 0.29) is 0 Å². The van der Waals surface area contributed by atoms with Crippen LogP contribution in [0, 0.1) is 0 Å². The minimum absolute atomic E-state index is 0.855. The summed E-state index contributed by atoms with van der Waals surface area (Å²) < 4.78 is 1.05. The largest absolute Gasteiger partial charge is 0.245 e. The lowest BCUT2D eigenvalue weighted by atomic mass is 10.2. The van der Waals surface area contributed by atoms with Gasteiger partial charge < -0.3 is 0 Å². The summed E-state index contributed by atoms with van der Waals surface area (Å²) in [5.41, 5.74) is 2.91. The maximum absolute atomic E-state index is 4.61. The van der Waals surface area contributed by atoms with Crippen LogP contribution in [0.3, 0.4) is 0 Å². The Balaban J connectivity index is 2.03. The van der Waals surface area contributed by atoms with E-state index in [1.54, 1.807) is 17.5 Å². The average molecular weight is 318 g/mol. The van der Waals surface area contributed by atoms with Gasteiger partial charge in [0.05, 0.1) is 5.69 Å². The van der Waals surface area contributed by atoms with Crippen molar-refractivity contribution in [1.82, 2.24) is 15.0 Å². The predicted octanol–water partition coefficient (Wildman–Crippen LogP) is 4.03. The Morgan fingerprint density at radius 2 is 1.94 bits per heavy atom. The summed E-state index contributed by atoms with van der Waals surface area (Å²) in [6.45, 7) is 0. The zero-order valence-corrected chi connectivity index (χ0v) is 11.6. The van der Waals surface area contributed by atoms with Crippen LogP contribution in [0.1, 0.15) is 0 Å². The quantitative estimate of drug-likeness (QED) is 0.716. The summed E-state index contributed by atoms with van der Waals surface area (Å²) in [7, 11) is 0. The van der Waals surface area contributed by atoms with Gasteiger partial charge in [-0.1, -0.05) is 34.1 Å². The molecule has 3 nitrogen and oxygen atoms in total. The Hall–Kier alpha value is -1.59. The molecule has 0 saturated carbocycles. The Morgan fingerprint density at radius 1 is 1.06 bits per heavy atom. The first-order valence-corrected chi connectivity index (χ1v) is 6.98. The van der Waals surface area contributed by atoms with Gasteiger partial charge in [0.15, 0.2) is 0 Å². The molecule has 0 unspecified atom stereocenters. The highest BCUT2D eigenvalue weighted by Crippen LogP contribution is 2.31. The second-order valence-corrected chi connectivity index (χ2v) is 5.32. The third kappa shape index (κ3) is 2.19. The summed E-state index contributed by atoms with van der Waals surface area (Å²) in [5, 5.41) is 2.94.